The molecular weight excluding hydrogens is 282 g/mol. The summed E-state index contributed by atoms with van der Waals surface area (Å²) >= 11 is 0. The van der Waals surface area contributed by atoms with E-state index in [1.54, 1.807) is 12.3 Å². The van der Waals surface area contributed by atoms with E-state index in [4.69, 9.17) is 5.11 Å². The zero-order valence-electron chi connectivity index (χ0n) is 10.6. The molecule has 1 unspecified atom stereocenters. The van der Waals surface area contributed by atoms with Gasteiger partial charge in [-0.05, 0) is 25.0 Å². The maximum atomic E-state index is 12.1. The standard InChI is InChI=1S/C12H13N3O4S/c16-12(17)8-4-3-6-15-10(8)13-14-11(15)9-5-1-2-7-20(9,18)19/h3-4,6,9H,1-2,5,7H2,(H,16,17). The lowest BCUT2D eigenvalue weighted by Crippen LogP contribution is -2.23. The van der Waals surface area contributed by atoms with Crippen LogP contribution < -0.4 is 0 Å². The van der Waals surface area contributed by atoms with Gasteiger partial charge in [0.25, 0.3) is 0 Å². The van der Waals surface area contributed by atoms with Gasteiger partial charge in [0.2, 0.25) is 0 Å². The Morgan fingerprint density at radius 2 is 2.15 bits per heavy atom. The molecule has 0 amide bonds. The minimum absolute atomic E-state index is 0.0134. The van der Waals surface area contributed by atoms with Crippen LogP contribution in [0.3, 0.4) is 0 Å². The third kappa shape index (κ3) is 1.96. The smallest absolute Gasteiger partial charge is 0.339 e. The Kier molecular flexibility index (Phi) is 2.97. The van der Waals surface area contributed by atoms with E-state index in [0.29, 0.717) is 18.7 Å². The summed E-state index contributed by atoms with van der Waals surface area (Å²) in [5.74, 6) is -0.658. The fourth-order valence-corrected chi connectivity index (χ4v) is 4.46. The summed E-state index contributed by atoms with van der Waals surface area (Å²) in [7, 11) is -3.24. The number of hydrogen-bond acceptors (Lipinski definition) is 5. The number of aromatic nitrogens is 3. The predicted octanol–water partition coefficient (Wildman–Crippen LogP) is 1.07. The Balaban J connectivity index is 2.18. The molecule has 8 heteroatoms. The second-order valence-electron chi connectivity index (χ2n) is 4.83. The van der Waals surface area contributed by atoms with Crippen LogP contribution in [0, 0.1) is 0 Å². The molecule has 7 nitrogen and oxygen atoms in total. The Morgan fingerprint density at radius 3 is 2.85 bits per heavy atom. The summed E-state index contributed by atoms with van der Waals surface area (Å²) in [6.45, 7) is 0. The second-order valence-corrected chi connectivity index (χ2v) is 7.13. The van der Waals surface area contributed by atoms with E-state index in [1.807, 2.05) is 0 Å². The molecule has 2 aromatic rings. The predicted molar refractivity (Wildman–Crippen MR) is 70.3 cm³/mol. The van der Waals surface area contributed by atoms with Crippen molar-refractivity contribution in [2.75, 3.05) is 5.75 Å². The number of aromatic carboxylic acids is 1. The average molecular weight is 295 g/mol. The van der Waals surface area contributed by atoms with Gasteiger partial charge in [-0.15, -0.1) is 10.2 Å². The van der Waals surface area contributed by atoms with Crippen LogP contribution in [0.5, 0.6) is 0 Å². The van der Waals surface area contributed by atoms with Gasteiger partial charge in [-0.3, -0.25) is 4.40 Å². The maximum Gasteiger partial charge on any atom is 0.339 e. The molecule has 106 valence electrons. The highest BCUT2D eigenvalue weighted by Crippen LogP contribution is 2.32. The lowest BCUT2D eigenvalue weighted by Gasteiger charge is -2.20. The maximum absolute atomic E-state index is 12.1. The van der Waals surface area contributed by atoms with Crippen LogP contribution in [0.25, 0.3) is 5.65 Å². The average Bonchev–Trinajstić information content (AvgIpc) is 2.81. The van der Waals surface area contributed by atoms with Crippen molar-refractivity contribution in [2.45, 2.75) is 24.5 Å². The highest BCUT2D eigenvalue weighted by atomic mass is 32.2. The molecule has 1 aliphatic heterocycles. The van der Waals surface area contributed by atoms with E-state index in [0.717, 1.165) is 6.42 Å². The van der Waals surface area contributed by atoms with Crippen molar-refractivity contribution in [2.24, 2.45) is 0 Å². The second kappa shape index (κ2) is 4.55. The van der Waals surface area contributed by atoms with Gasteiger partial charge in [0, 0.05) is 6.20 Å². The van der Waals surface area contributed by atoms with E-state index in [2.05, 4.69) is 10.2 Å². The quantitative estimate of drug-likeness (QED) is 0.889. The number of pyridine rings is 1. The van der Waals surface area contributed by atoms with Crippen molar-refractivity contribution >= 4 is 21.5 Å². The fourth-order valence-electron chi connectivity index (χ4n) is 2.56. The van der Waals surface area contributed by atoms with Gasteiger partial charge < -0.3 is 5.11 Å². The third-order valence-electron chi connectivity index (χ3n) is 3.56. The first-order chi connectivity index (χ1) is 9.50. The minimum atomic E-state index is -3.24. The summed E-state index contributed by atoms with van der Waals surface area (Å²) in [5.41, 5.74) is 0.190. The number of carboxylic acid groups (broad SMARTS) is 1. The van der Waals surface area contributed by atoms with Gasteiger partial charge >= 0.3 is 5.97 Å². The molecular formula is C12H13N3O4S. The molecule has 0 saturated carbocycles. The summed E-state index contributed by atoms with van der Waals surface area (Å²) in [6.07, 6.45) is 3.58. The van der Waals surface area contributed by atoms with Gasteiger partial charge in [0.05, 0.1) is 5.75 Å². The molecule has 1 saturated heterocycles. The zero-order valence-corrected chi connectivity index (χ0v) is 11.4. The van der Waals surface area contributed by atoms with Gasteiger partial charge in [-0.2, -0.15) is 0 Å². The third-order valence-corrected chi connectivity index (χ3v) is 5.73. The molecule has 1 fully saturated rings. The Labute approximate surface area is 115 Å². The van der Waals surface area contributed by atoms with Crippen LogP contribution in [0.2, 0.25) is 0 Å². The summed E-state index contributed by atoms with van der Waals surface area (Å²) in [6, 6.07) is 2.98. The normalized spacial score (nSPS) is 21.9. The van der Waals surface area contributed by atoms with Crippen LogP contribution in [0.4, 0.5) is 0 Å². The van der Waals surface area contributed by atoms with Crippen LogP contribution in [-0.2, 0) is 9.84 Å². The van der Waals surface area contributed by atoms with E-state index in [9.17, 15) is 13.2 Å². The summed E-state index contributed by atoms with van der Waals surface area (Å²) in [4.78, 5) is 11.1. The molecule has 0 bridgehead atoms. The molecule has 0 radical (unpaired) electrons. The van der Waals surface area contributed by atoms with Gasteiger partial charge in [-0.1, -0.05) is 6.42 Å². The number of hydrogen-bond donors (Lipinski definition) is 1. The summed E-state index contributed by atoms with van der Waals surface area (Å²) < 4.78 is 25.8. The number of carboxylic acids is 1. The lowest BCUT2D eigenvalue weighted by molar-refractivity contribution is 0.0698. The minimum Gasteiger partial charge on any atom is -0.478 e. The van der Waals surface area contributed by atoms with Crippen molar-refractivity contribution in [1.29, 1.82) is 0 Å². The van der Waals surface area contributed by atoms with Crippen LogP contribution in [0.1, 0.15) is 40.7 Å². The van der Waals surface area contributed by atoms with E-state index < -0.39 is 21.1 Å². The van der Waals surface area contributed by atoms with Gasteiger partial charge in [0.15, 0.2) is 21.3 Å². The zero-order chi connectivity index (χ0) is 14.3. The highest BCUT2D eigenvalue weighted by molar-refractivity contribution is 7.91. The highest BCUT2D eigenvalue weighted by Gasteiger charge is 2.34. The van der Waals surface area contributed by atoms with E-state index in [-0.39, 0.29) is 17.0 Å². The topological polar surface area (TPSA) is 102 Å². The van der Waals surface area contributed by atoms with Crippen LogP contribution >= 0.6 is 0 Å². The van der Waals surface area contributed by atoms with E-state index in [1.165, 1.54) is 10.5 Å². The summed E-state index contributed by atoms with van der Waals surface area (Å²) in [5, 5.41) is 16.2. The Bertz CT molecular complexity index is 781. The largest absolute Gasteiger partial charge is 0.478 e. The molecule has 3 rings (SSSR count). The number of sulfone groups is 1. The van der Waals surface area contributed by atoms with Crippen molar-refractivity contribution in [3.63, 3.8) is 0 Å². The lowest BCUT2D eigenvalue weighted by atomic mass is 10.2. The number of fused-ring (bicyclic) bond motifs is 1. The van der Waals surface area contributed by atoms with Gasteiger partial charge in [0.1, 0.15) is 10.8 Å². The number of rotatable bonds is 2. The van der Waals surface area contributed by atoms with Crippen molar-refractivity contribution < 1.29 is 18.3 Å². The first-order valence-electron chi connectivity index (χ1n) is 6.29. The SMILES string of the molecule is O=C(O)c1cccn2c(C3CCCCS3(=O)=O)nnc12. The first-order valence-corrected chi connectivity index (χ1v) is 8.01. The fraction of sp³-hybridized carbons (Fsp3) is 0.417. The molecule has 0 spiro atoms. The molecule has 0 aliphatic carbocycles. The van der Waals surface area contributed by atoms with Crippen molar-refractivity contribution in [3.05, 3.63) is 29.7 Å². The molecule has 1 aliphatic rings. The monoisotopic (exact) mass is 295 g/mol. The number of nitrogens with zero attached hydrogens (tertiary/aromatic N) is 3. The molecule has 20 heavy (non-hydrogen) atoms. The molecule has 1 N–H and O–H groups in total. The molecule has 1 atom stereocenters. The van der Waals surface area contributed by atoms with Crippen LogP contribution in [-0.4, -0.2) is 39.8 Å². The molecule has 2 aromatic heterocycles. The first kappa shape index (κ1) is 13.0. The Hall–Kier alpha value is -1.96. The Morgan fingerprint density at radius 1 is 1.35 bits per heavy atom. The van der Waals surface area contributed by atoms with E-state index >= 15 is 0 Å². The molecule has 0 aromatic carbocycles. The van der Waals surface area contributed by atoms with Crippen molar-refractivity contribution in [1.82, 2.24) is 14.6 Å². The van der Waals surface area contributed by atoms with Crippen LogP contribution in [0.15, 0.2) is 18.3 Å². The number of carbonyl (C=O) groups is 1. The van der Waals surface area contributed by atoms with Crippen molar-refractivity contribution in [3.8, 4) is 0 Å². The molecule has 3 heterocycles. The van der Waals surface area contributed by atoms with Gasteiger partial charge in [-0.25, -0.2) is 13.2 Å².